The fourth-order valence-corrected chi connectivity index (χ4v) is 7.54. The Balaban J connectivity index is 1.29. The fraction of sp³-hybridized carbons (Fsp3) is 0.150. The van der Waals surface area contributed by atoms with Crippen LogP contribution in [0, 0.1) is 0 Å². The molecule has 0 radical (unpaired) electrons. The summed E-state index contributed by atoms with van der Waals surface area (Å²) in [5.74, 6) is 1.66. The van der Waals surface area contributed by atoms with Crippen LogP contribution in [-0.4, -0.2) is 72.5 Å². The van der Waals surface area contributed by atoms with E-state index in [4.69, 9.17) is 43.4 Å². The van der Waals surface area contributed by atoms with E-state index in [-0.39, 0.29) is 11.1 Å². The first-order chi connectivity index (χ1) is 26.5. The number of ether oxygens (including phenoxy) is 6. The molecule has 12 nitrogen and oxygen atoms in total. The summed E-state index contributed by atoms with van der Waals surface area (Å²) >= 11 is 3.02. The molecule has 0 saturated carbocycles. The lowest BCUT2D eigenvalue weighted by molar-refractivity contribution is 0.0591. The zero-order chi connectivity index (χ0) is 37.0. The van der Waals surface area contributed by atoms with Gasteiger partial charge in [0.05, 0.1) is 69.3 Å². The van der Waals surface area contributed by atoms with Gasteiger partial charge in [-0.15, -0.1) is 22.7 Å². The molecule has 0 spiro atoms. The minimum atomic E-state index is -0.589. The molecule has 2 aliphatic heterocycles. The molecule has 54 heavy (non-hydrogen) atoms. The molecular weight excluding hydrogens is 729 g/mol. The number of methoxy groups -OCH3 is 2. The van der Waals surface area contributed by atoms with E-state index in [1.165, 1.54) is 36.9 Å². The summed E-state index contributed by atoms with van der Waals surface area (Å²) in [5, 5.41) is 3.85. The Kier molecular flexibility index (Phi) is 9.83. The predicted molar refractivity (Wildman–Crippen MR) is 205 cm³/mol. The van der Waals surface area contributed by atoms with Crippen molar-refractivity contribution in [3.8, 4) is 57.2 Å². The van der Waals surface area contributed by atoms with Crippen molar-refractivity contribution in [1.29, 1.82) is 0 Å². The second-order valence-electron chi connectivity index (χ2n) is 11.8. The highest BCUT2D eigenvalue weighted by Crippen LogP contribution is 2.42. The van der Waals surface area contributed by atoms with Crippen molar-refractivity contribution in [2.24, 2.45) is 0 Å². The van der Waals surface area contributed by atoms with Crippen molar-refractivity contribution in [2.75, 3.05) is 40.6 Å². The van der Waals surface area contributed by atoms with Crippen LogP contribution in [0.2, 0.25) is 0 Å². The lowest BCUT2D eigenvalue weighted by Crippen LogP contribution is -2.14. The number of aromatic nitrogens is 4. The van der Waals surface area contributed by atoms with E-state index in [0.29, 0.717) is 83.4 Å². The standard InChI is InChI=1S/C40H30N4O8S2/c1-47-39(45)24-17-28(27-5-3-4-11-41-27)43-29(18-24)30-19-25(40(46)48-2)20-31(44-30)36-26(7-9-35-38-33(22-54-35)50-14-16-52-38)23(10-12-42-36)6-8-34-37-32(21-53-34)49-13-15-51-37/h3-12,17-22H,13-16H2,1-2H3. The van der Waals surface area contributed by atoms with Crippen LogP contribution in [0.25, 0.3) is 58.5 Å². The van der Waals surface area contributed by atoms with Crippen molar-refractivity contribution >= 4 is 58.9 Å². The van der Waals surface area contributed by atoms with Crippen LogP contribution in [0.15, 0.2) is 71.7 Å². The highest BCUT2D eigenvalue weighted by atomic mass is 32.1. The van der Waals surface area contributed by atoms with Crippen LogP contribution in [0.1, 0.15) is 41.6 Å². The molecule has 2 aliphatic rings. The van der Waals surface area contributed by atoms with Gasteiger partial charge >= 0.3 is 11.9 Å². The minimum absolute atomic E-state index is 0.208. The van der Waals surface area contributed by atoms with E-state index in [1.54, 1.807) is 48.8 Å². The Morgan fingerprint density at radius 3 is 1.78 bits per heavy atom. The summed E-state index contributed by atoms with van der Waals surface area (Å²) in [6.45, 7) is 1.92. The number of thiophene rings is 2. The average molecular weight is 759 g/mol. The van der Waals surface area contributed by atoms with Crippen LogP contribution < -0.4 is 18.9 Å². The van der Waals surface area contributed by atoms with Gasteiger partial charge in [-0.25, -0.2) is 19.6 Å². The van der Waals surface area contributed by atoms with Gasteiger partial charge in [-0.2, -0.15) is 0 Å². The maximum absolute atomic E-state index is 13.2. The normalized spacial score (nSPS) is 13.3. The van der Waals surface area contributed by atoms with Gasteiger partial charge in [0.15, 0.2) is 23.0 Å². The van der Waals surface area contributed by atoms with Gasteiger partial charge in [0.25, 0.3) is 0 Å². The maximum atomic E-state index is 13.2. The summed E-state index contributed by atoms with van der Waals surface area (Å²) in [5.41, 5.74) is 4.38. The number of hydrogen-bond acceptors (Lipinski definition) is 14. The van der Waals surface area contributed by atoms with E-state index >= 15 is 0 Å². The number of carbonyl (C=O) groups excluding carboxylic acids is 2. The van der Waals surface area contributed by atoms with Crippen molar-refractivity contribution in [2.45, 2.75) is 0 Å². The first kappa shape index (κ1) is 34.7. The molecule has 14 heteroatoms. The van der Waals surface area contributed by atoms with Crippen molar-refractivity contribution in [3.05, 3.63) is 104 Å². The zero-order valence-corrected chi connectivity index (χ0v) is 30.6. The summed E-state index contributed by atoms with van der Waals surface area (Å²) in [6.07, 6.45) is 11.2. The van der Waals surface area contributed by atoms with Crippen molar-refractivity contribution < 1.29 is 38.0 Å². The van der Waals surface area contributed by atoms with Crippen LogP contribution in [0.5, 0.6) is 23.0 Å². The first-order valence-corrected chi connectivity index (χ1v) is 18.5. The Morgan fingerprint density at radius 2 is 1.19 bits per heavy atom. The number of esters is 2. The van der Waals surface area contributed by atoms with E-state index in [0.717, 1.165) is 21.1 Å². The van der Waals surface area contributed by atoms with Gasteiger partial charge in [0.1, 0.15) is 26.4 Å². The number of nitrogens with zero attached hydrogens (tertiary/aromatic N) is 4. The summed E-state index contributed by atoms with van der Waals surface area (Å²) < 4.78 is 33.6. The number of carbonyl (C=O) groups is 2. The van der Waals surface area contributed by atoms with Crippen LogP contribution in [-0.2, 0) is 9.47 Å². The number of pyridine rings is 4. The van der Waals surface area contributed by atoms with Crippen LogP contribution in [0.4, 0.5) is 0 Å². The molecule has 0 amide bonds. The highest BCUT2D eigenvalue weighted by molar-refractivity contribution is 7.12. The van der Waals surface area contributed by atoms with E-state index in [2.05, 4.69) is 4.98 Å². The summed E-state index contributed by atoms with van der Waals surface area (Å²) in [4.78, 5) is 46.8. The smallest absolute Gasteiger partial charge is 0.338 e. The number of hydrogen-bond donors (Lipinski definition) is 0. The average Bonchev–Trinajstić information content (AvgIpc) is 3.85. The molecule has 0 unspecified atom stereocenters. The van der Waals surface area contributed by atoms with Gasteiger partial charge in [-0.1, -0.05) is 18.2 Å². The van der Waals surface area contributed by atoms with Gasteiger partial charge in [-0.3, -0.25) is 9.97 Å². The highest BCUT2D eigenvalue weighted by Gasteiger charge is 2.22. The molecule has 6 aromatic rings. The Hall–Kier alpha value is -6.38. The first-order valence-electron chi connectivity index (χ1n) is 16.7. The lowest BCUT2D eigenvalue weighted by Gasteiger charge is -2.15. The molecule has 6 aromatic heterocycles. The molecule has 270 valence electrons. The van der Waals surface area contributed by atoms with Crippen molar-refractivity contribution in [1.82, 2.24) is 19.9 Å². The molecule has 8 heterocycles. The number of rotatable bonds is 9. The van der Waals surface area contributed by atoms with Gasteiger partial charge < -0.3 is 28.4 Å². The summed E-state index contributed by atoms with van der Waals surface area (Å²) in [7, 11) is 2.61. The lowest BCUT2D eigenvalue weighted by atomic mass is 10.0. The third-order valence-electron chi connectivity index (χ3n) is 8.42. The minimum Gasteiger partial charge on any atom is -0.485 e. The summed E-state index contributed by atoms with van der Waals surface area (Å²) in [6, 6.07) is 13.6. The van der Waals surface area contributed by atoms with Gasteiger partial charge in [0, 0.05) is 28.7 Å². The molecular formula is C40H30N4O8S2. The molecule has 0 bridgehead atoms. The second-order valence-corrected chi connectivity index (χ2v) is 13.6. The third-order valence-corrected chi connectivity index (χ3v) is 10.2. The maximum Gasteiger partial charge on any atom is 0.338 e. The number of fused-ring (bicyclic) bond motifs is 2. The van der Waals surface area contributed by atoms with E-state index in [1.807, 2.05) is 47.2 Å². The quantitative estimate of drug-likeness (QED) is 0.133. The molecule has 0 aromatic carbocycles. The Morgan fingerprint density at radius 1 is 0.630 bits per heavy atom. The Labute approximate surface area is 317 Å². The monoisotopic (exact) mass is 758 g/mol. The molecule has 0 aliphatic carbocycles. The molecule has 0 saturated heterocycles. The molecule has 8 rings (SSSR count). The van der Waals surface area contributed by atoms with Crippen LogP contribution >= 0.6 is 22.7 Å². The van der Waals surface area contributed by atoms with E-state index < -0.39 is 11.9 Å². The van der Waals surface area contributed by atoms with Crippen molar-refractivity contribution in [3.63, 3.8) is 0 Å². The SMILES string of the molecule is COC(=O)c1cc(-c2ccccn2)nc(-c2cc(C(=O)OC)cc(-c3nccc(C=Cc4scc5c4OCCO5)c3C=Cc3scc4c3OCCO4)n2)c1. The second kappa shape index (κ2) is 15.3. The third kappa shape index (κ3) is 7.04. The van der Waals surface area contributed by atoms with Crippen LogP contribution in [0.3, 0.4) is 0 Å². The van der Waals surface area contributed by atoms with Gasteiger partial charge in [-0.05, 0) is 60.2 Å². The topological polar surface area (TPSA) is 141 Å². The molecule has 0 fully saturated rings. The Bertz CT molecular complexity index is 2440. The molecule has 0 atom stereocenters. The fourth-order valence-electron chi connectivity index (χ4n) is 5.89. The van der Waals surface area contributed by atoms with E-state index in [9.17, 15) is 9.59 Å². The zero-order valence-electron chi connectivity index (χ0n) is 28.9. The van der Waals surface area contributed by atoms with Gasteiger partial charge in [0.2, 0.25) is 0 Å². The molecule has 0 N–H and O–H groups in total. The largest absolute Gasteiger partial charge is 0.485 e. The predicted octanol–water partition coefficient (Wildman–Crippen LogP) is 7.85.